The summed E-state index contributed by atoms with van der Waals surface area (Å²) in [5, 5.41) is 17.2. The molecular formula is C65H136N3O56P8-7. The minimum Gasteiger partial charge on any atom is -0.756 e. The quantitative estimate of drug-likeness (QED) is 0.0188. The highest BCUT2D eigenvalue weighted by Crippen LogP contribution is 2.46. The van der Waals surface area contributed by atoms with E-state index in [2.05, 4.69) is 47.6 Å². The predicted octanol–water partition coefficient (Wildman–Crippen LogP) is -5.38. The van der Waals surface area contributed by atoms with E-state index >= 15 is 0 Å². The molecule has 6 N–H and O–H groups in total. The van der Waals surface area contributed by atoms with Gasteiger partial charge in [-0.2, -0.15) is 0 Å². The molecule has 0 saturated carbocycles. The number of rotatable bonds is 110. The number of aliphatic hydroxyl groups is 1. The van der Waals surface area contributed by atoms with E-state index in [1.165, 1.54) is 7.05 Å². The molecule has 0 saturated heterocycles. The molecular weight excluding hydrogens is 1970 g/mol. The fraction of sp³-hybridized carbons (Fsp3) is 1.00. The molecule has 10 atom stereocenters. The number of ether oxygens (including phenoxy) is 23. The van der Waals surface area contributed by atoms with Gasteiger partial charge in [0.1, 0.15) is 18.3 Å². The largest absolute Gasteiger partial charge is 0.756 e. The Morgan fingerprint density at radius 1 is 0.189 bits per heavy atom. The SMILES string of the molecule is CNCOCC(COP(=O)([O-])OCCOCCOCCOCCOCCOCCOP(=O)([O-])OCCOCCOCCOCCOCCOCCOP(=O)([O-])OCCOCCOCCOCCOCCOCCOP(=O)([O-])OCCOCCOCCOCCOCCOCCOP(=O)([O-])OC(COCNC)COP(=O)([O-])OCCOP(=O)([O-])OC(CO)COCNC)OP(=O)(O)O. The lowest BCUT2D eigenvalue weighted by atomic mass is 10.4. The smallest absolute Gasteiger partial charge is 0.470 e. The van der Waals surface area contributed by atoms with Gasteiger partial charge in [-0.3, -0.25) is 52.4 Å². The Morgan fingerprint density at radius 3 is 0.492 bits per heavy atom. The van der Waals surface area contributed by atoms with Crippen LogP contribution >= 0.6 is 62.6 Å². The van der Waals surface area contributed by atoms with Crippen LogP contribution in [0.1, 0.15) is 0 Å². The van der Waals surface area contributed by atoms with Crippen LogP contribution in [0.25, 0.3) is 0 Å². The summed E-state index contributed by atoms with van der Waals surface area (Å²) in [5.41, 5.74) is 0. The van der Waals surface area contributed by atoms with Crippen molar-refractivity contribution < 1.29 is 262 Å². The molecule has 0 heterocycles. The van der Waals surface area contributed by atoms with Gasteiger partial charge in [-0.25, -0.2) is 4.57 Å². The first-order valence-corrected chi connectivity index (χ1v) is 52.9. The van der Waals surface area contributed by atoms with E-state index in [-0.39, 0.29) is 344 Å². The summed E-state index contributed by atoms with van der Waals surface area (Å²) in [6, 6.07) is 0. The third-order valence-electron chi connectivity index (χ3n) is 13.9. The monoisotopic (exact) mass is 2100 g/mol. The van der Waals surface area contributed by atoms with Crippen LogP contribution in [0.3, 0.4) is 0 Å². The maximum absolute atomic E-state index is 12.5. The molecule has 0 aromatic heterocycles. The van der Waals surface area contributed by atoms with Gasteiger partial charge in [-0.15, -0.1) is 0 Å². The van der Waals surface area contributed by atoms with Crippen LogP contribution in [0.4, 0.5) is 0 Å². The molecule has 67 heteroatoms. The van der Waals surface area contributed by atoms with Gasteiger partial charge in [0.2, 0.25) is 0 Å². The molecule has 0 aliphatic rings. The average Bonchev–Trinajstić information content (AvgIpc) is 0.886. The van der Waals surface area contributed by atoms with Crippen molar-refractivity contribution in [2.45, 2.75) is 18.3 Å². The second kappa shape index (κ2) is 89.6. The summed E-state index contributed by atoms with van der Waals surface area (Å²) < 4.78 is 289. The zero-order valence-electron chi connectivity index (χ0n) is 74.5. The van der Waals surface area contributed by atoms with E-state index in [1.807, 2.05) is 0 Å². The normalized spacial score (nSPS) is 16.2. The number of hydrogen-bond acceptors (Lipinski definition) is 57. The van der Waals surface area contributed by atoms with Crippen molar-refractivity contribution in [1.29, 1.82) is 0 Å². The molecule has 59 nitrogen and oxygen atoms in total. The van der Waals surface area contributed by atoms with Crippen LogP contribution in [-0.4, -0.2) is 445 Å². The third-order valence-corrected chi connectivity index (χ3v) is 21.5. The van der Waals surface area contributed by atoms with Gasteiger partial charge in [0.25, 0.3) is 54.8 Å². The molecule has 0 aliphatic carbocycles. The summed E-state index contributed by atoms with van der Waals surface area (Å²) in [6.45, 7) is -1.50. The molecule has 0 aromatic carbocycles. The zero-order chi connectivity index (χ0) is 97.4. The van der Waals surface area contributed by atoms with E-state index in [4.69, 9.17) is 155 Å². The van der Waals surface area contributed by atoms with Gasteiger partial charge in [0, 0.05) is 0 Å². The number of phosphoric acid groups is 8. The predicted molar refractivity (Wildman–Crippen MR) is 434 cm³/mol. The van der Waals surface area contributed by atoms with Gasteiger partial charge in [0.05, 0.1) is 390 Å². The lowest BCUT2D eigenvalue weighted by Gasteiger charge is -2.30. The van der Waals surface area contributed by atoms with Crippen molar-refractivity contribution in [2.75, 3.05) is 411 Å². The summed E-state index contributed by atoms with van der Waals surface area (Å²) in [6.07, 6.45) is -4.23. The van der Waals surface area contributed by atoms with Crippen LogP contribution in [0, 0.1) is 0 Å². The summed E-state index contributed by atoms with van der Waals surface area (Å²) in [7, 11) is -34.2. The lowest BCUT2D eigenvalue weighted by molar-refractivity contribution is -0.242. The number of nitrogens with one attached hydrogen (secondary N) is 3. The molecule has 0 amide bonds. The van der Waals surface area contributed by atoms with Crippen molar-refractivity contribution in [3.05, 3.63) is 0 Å². The molecule has 0 aromatic rings. The van der Waals surface area contributed by atoms with E-state index < -0.39 is 127 Å². The molecule has 0 bridgehead atoms. The topological polar surface area (TPSA) is 746 Å². The van der Waals surface area contributed by atoms with Crippen molar-refractivity contribution in [3.8, 4) is 0 Å². The molecule has 0 fully saturated rings. The molecule has 0 spiro atoms. The summed E-state index contributed by atoms with van der Waals surface area (Å²) in [5.74, 6) is 0. The lowest BCUT2D eigenvalue weighted by Crippen LogP contribution is -2.30. The Labute approximate surface area is 767 Å². The third kappa shape index (κ3) is 97.3. The van der Waals surface area contributed by atoms with Crippen LogP contribution in [-0.2, 0) is 213 Å². The van der Waals surface area contributed by atoms with Gasteiger partial charge in [-0.05, 0) is 21.1 Å². The van der Waals surface area contributed by atoms with Crippen molar-refractivity contribution in [1.82, 2.24) is 16.0 Å². The van der Waals surface area contributed by atoms with E-state index in [1.54, 1.807) is 14.1 Å². The van der Waals surface area contributed by atoms with Crippen LogP contribution < -0.4 is 50.2 Å². The second-order valence-electron chi connectivity index (χ2n) is 24.8. The molecule has 794 valence electrons. The Morgan fingerprint density at radius 2 is 0.326 bits per heavy atom. The van der Waals surface area contributed by atoms with Gasteiger partial charge >= 0.3 is 7.82 Å². The van der Waals surface area contributed by atoms with Gasteiger partial charge < -0.3 is 221 Å². The standard InChI is InChI=1S/C65H143N3O56P8/c1-66-60-107-55-63(54-69)123-131(83,84)119-53-52-117-130(81,82)121-59-65(57-109-62-68-3)124-132(85,86)118-51-43-106-35-27-98-19-11-90-9-17-96-25-33-104-41-49-115-128(77,78)113-47-39-102-31-23-94-15-7-88-5-13-92-21-29-100-37-45-111-126(73,74)110-44-36-99-28-20-91-12-4-87-6-14-93-22-30-101-38-46-112-127(75,76)114-48-40-103-32-24-95-16-8-89-10-18-97-26-34-105-42-50-116-129(79,80)120-58-64(56-108-61-67-2)122-125(70,71)72/h63-69H,4-62H2,1-3H3,(H,73,74)(H,75,76)(H,77,78)(H,79,80)(H,81,82)(H,83,84)(H,85,86)(H2,70,71,72)/p-7. The highest BCUT2D eigenvalue weighted by Gasteiger charge is 2.27. The van der Waals surface area contributed by atoms with Crippen LogP contribution in [0.5, 0.6) is 0 Å². The van der Waals surface area contributed by atoms with Crippen LogP contribution in [0.2, 0.25) is 0 Å². The fourth-order valence-electron chi connectivity index (χ4n) is 8.26. The van der Waals surface area contributed by atoms with Crippen LogP contribution in [0.15, 0.2) is 0 Å². The number of phosphoric ester groups is 8. The molecule has 0 rings (SSSR count). The van der Waals surface area contributed by atoms with E-state index in [9.17, 15) is 75.9 Å². The summed E-state index contributed by atoms with van der Waals surface area (Å²) >= 11 is 0. The van der Waals surface area contributed by atoms with E-state index in [0.29, 0.717) is 0 Å². The first-order valence-electron chi connectivity index (χ1n) is 41.2. The maximum Gasteiger partial charge on any atom is 0.470 e. The molecule has 0 aliphatic heterocycles. The molecule has 10 unspecified atom stereocenters. The zero-order valence-corrected chi connectivity index (χ0v) is 81.7. The molecule has 0 radical (unpaired) electrons. The number of hydrogen-bond donors (Lipinski definition) is 6. The van der Waals surface area contributed by atoms with Crippen molar-refractivity contribution in [2.24, 2.45) is 0 Å². The minimum absolute atomic E-state index is 0.0147. The first kappa shape index (κ1) is 132. The highest BCUT2D eigenvalue weighted by atomic mass is 31.2. The average molecular weight is 2100 g/mol. The minimum atomic E-state index is -5.17. The Kier molecular flexibility index (Phi) is 89.5. The van der Waals surface area contributed by atoms with E-state index in [0.717, 1.165) is 0 Å². The van der Waals surface area contributed by atoms with Gasteiger partial charge in [-0.1, -0.05) is 0 Å². The Balaban J connectivity index is 3.59. The first-order chi connectivity index (χ1) is 63.3. The second-order valence-corrected chi connectivity index (χ2v) is 35.7. The fourth-order valence-corrected chi connectivity index (χ4v) is 13.9. The van der Waals surface area contributed by atoms with Crippen molar-refractivity contribution >= 4 is 62.6 Å². The maximum atomic E-state index is 12.5. The Hall–Kier alpha value is -0.200. The highest BCUT2D eigenvalue weighted by molar-refractivity contribution is 7.47. The number of aliphatic hydroxyl groups excluding tert-OH is 1. The van der Waals surface area contributed by atoms with Crippen molar-refractivity contribution in [3.63, 3.8) is 0 Å². The summed E-state index contributed by atoms with van der Waals surface area (Å²) in [4.78, 5) is 103. The Bertz CT molecular complexity index is 2990. The molecule has 132 heavy (non-hydrogen) atoms. The van der Waals surface area contributed by atoms with Gasteiger partial charge in [0.15, 0.2) is 0 Å².